The number of benzene rings is 1. The molecule has 0 saturated carbocycles. The number of carbonyl (C=O) groups is 1. The summed E-state index contributed by atoms with van der Waals surface area (Å²) in [6, 6.07) is 4.31. The van der Waals surface area contributed by atoms with E-state index in [1.807, 2.05) is 11.8 Å². The number of hydrogen-bond acceptors (Lipinski definition) is 4. The Morgan fingerprint density at radius 3 is 2.61 bits per heavy atom. The molecule has 2 N–H and O–H groups in total. The second-order valence-electron chi connectivity index (χ2n) is 7.15. The molecular weight excluding hydrogens is 363 g/mol. The number of halogens is 1. The summed E-state index contributed by atoms with van der Waals surface area (Å²) in [6.45, 7) is 7.21. The second kappa shape index (κ2) is 9.73. The third-order valence-corrected chi connectivity index (χ3v) is 5.22. The van der Waals surface area contributed by atoms with Gasteiger partial charge in [-0.3, -0.25) is 4.79 Å². The number of nitrogens with zero attached hydrogens (tertiary/aromatic N) is 3. The normalized spacial score (nSPS) is 19.0. The van der Waals surface area contributed by atoms with Crippen LogP contribution in [0.15, 0.2) is 23.2 Å². The second-order valence-corrected chi connectivity index (χ2v) is 7.15. The summed E-state index contributed by atoms with van der Waals surface area (Å²) in [7, 11) is 0. The number of aliphatic imine (C=N–C) groups is 1. The standard InChI is InChI=1S/C20H29FN4O3/c1-2-22-20(23-14-15-3-4-18(26)17(21)13-15)25-7-5-16(6-8-25)19(27)24-9-11-28-12-10-24/h3-4,13,16,26H,2,5-12,14H2,1H3,(H,22,23). The molecule has 2 heterocycles. The Kier molecular flexibility index (Phi) is 7.08. The van der Waals surface area contributed by atoms with E-state index in [2.05, 4.69) is 15.2 Å². The summed E-state index contributed by atoms with van der Waals surface area (Å²) < 4.78 is 18.8. The molecule has 0 atom stereocenters. The number of aromatic hydroxyl groups is 1. The van der Waals surface area contributed by atoms with Crippen molar-refractivity contribution in [2.75, 3.05) is 45.9 Å². The maximum absolute atomic E-state index is 13.5. The Morgan fingerprint density at radius 2 is 1.96 bits per heavy atom. The number of piperidine rings is 1. The molecule has 1 amide bonds. The Labute approximate surface area is 165 Å². The van der Waals surface area contributed by atoms with Crippen molar-refractivity contribution in [3.63, 3.8) is 0 Å². The molecule has 1 aromatic rings. The molecule has 2 aliphatic rings. The fourth-order valence-corrected chi connectivity index (χ4v) is 3.62. The van der Waals surface area contributed by atoms with Gasteiger partial charge in [0, 0.05) is 38.6 Å². The summed E-state index contributed by atoms with van der Waals surface area (Å²) in [6.07, 6.45) is 1.60. The van der Waals surface area contributed by atoms with Crippen LogP contribution in [0.1, 0.15) is 25.3 Å². The molecule has 2 fully saturated rings. The number of amides is 1. The molecule has 2 saturated heterocycles. The third-order valence-electron chi connectivity index (χ3n) is 5.22. The Bertz CT molecular complexity index is 699. The van der Waals surface area contributed by atoms with Gasteiger partial charge in [-0.15, -0.1) is 0 Å². The Balaban J connectivity index is 1.57. The summed E-state index contributed by atoms with van der Waals surface area (Å²) >= 11 is 0. The highest BCUT2D eigenvalue weighted by molar-refractivity contribution is 5.82. The van der Waals surface area contributed by atoms with Gasteiger partial charge in [0.15, 0.2) is 17.5 Å². The van der Waals surface area contributed by atoms with E-state index in [0.717, 1.165) is 38.4 Å². The fourth-order valence-electron chi connectivity index (χ4n) is 3.62. The summed E-state index contributed by atoms with van der Waals surface area (Å²) in [5.41, 5.74) is 0.697. The van der Waals surface area contributed by atoms with Gasteiger partial charge in [-0.1, -0.05) is 6.07 Å². The highest BCUT2D eigenvalue weighted by Gasteiger charge is 2.30. The lowest BCUT2D eigenvalue weighted by Gasteiger charge is -2.36. The van der Waals surface area contributed by atoms with Crippen LogP contribution in [-0.4, -0.2) is 72.7 Å². The van der Waals surface area contributed by atoms with Gasteiger partial charge in [0.1, 0.15) is 0 Å². The van der Waals surface area contributed by atoms with Gasteiger partial charge in [-0.25, -0.2) is 9.38 Å². The first-order valence-corrected chi connectivity index (χ1v) is 9.95. The quantitative estimate of drug-likeness (QED) is 0.601. The van der Waals surface area contributed by atoms with Gasteiger partial charge in [0.05, 0.1) is 19.8 Å². The highest BCUT2D eigenvalue weighted by Crippen LogP contribution is 2.21. The van der Waals surface area contributed by atoms with Crippen LogP contribution in [0, 0.1) is 11.7 Å². The average molecular weight is 392 g/mol. The number of carbonyl (C=O) groups excluding carboxylic acids is 1. The molecule has 3 rings (SSSR count). The lowest BCUT2D eigenvalue weighted by molar-refractivity contribution is -0.140. The zero-order valence-corrected chi connectivity index (χ0v) is 16.4. The van der Waals surface area contributed by atoms with Crippen molar-refractivity contribution in [2.24, 2.45) is 10.9 Å². The fraction of sp³-hybridized carbons (Fsp3) is 0.600. The van der Waals surface area contributed by atoms with E-state index in [-0.39, 0.29) is 17.6 Å². The van der Waals surface area contributed by atoms with Crippen molar-refractivity contribution in [3.8, 4) is 5.75 Å². The molecule has 0 aliphatic carbocycles. The number of phenolic OH excluding ortho intramolecular Hbond substituents is 1. The molecule has 0 bridgehead atoms. The van der Waals surface area contributed by atoms with Gasteiger partial charge >= 0.3 is 0 Å². The van der Waals surface area contributed by atoms with Crippen LogP contribution < -0.4 is 5.32 Å². The van der Waals surface area contributed by atoms with E-state index in [1.54, 1.807) is 6.07 Å². The van der Waals surface area contributed by atoms with Gasteiger partial charge in [0.25, 0.3) is 0 Å². The van der Waals surface area contributed by atoms with Crippen LogP contribution in [-0.2, 0) is 16.1 Å². The highest BCUT2D eigenvalue weighted by atomic mass is 19.1. The lowest BCUT2D eigenvalue weighted by atomic mass is 9.95. The van der Waals surface area contributed by atoms with Crippen LogP contribution in [0.25, 0.3) is 0 Å². The number of rotatable bonds is 4. The third kappa shape index (κ3) is 5.13. The predicted octanol–water partition coefficient (Wildman–Crippen LogP) is 1.57. The number of nitrogens with one attached hydrogen (secondary N) is 1. The van der Waals surface area contributed by atoms with Crippen molar-refractivity contribution in [2.45, 2.75) is 26.3 Å². The molecular formula is C20H29FN4O3. The minimum Gasteiger partial charge on any atom is -0.505 e. The van der Waals surface area contributed by atoms with E-state index >= 15 is 0 Å². The van der Waals surface area contributed by atoms with E-state index < -0.39 is 5.82 Å². The van der Waals surface area contributed by atoms with Gasteiger partial charge in [-0.2, -0.15) is 0 Å². The summed E-state index contributed by atoms with van der Waals surface area (Å²) in [5, 5.41) is 12.6. The van der Waals surface area contributed by atoms with E-state index in [4.69, 9.17) is 4.74 Å². The van der Waals surface area contributed by atoms with E-state index in [9.17, 15) is 14.3 Å². The number of ether oxygens (including phenoxy) is 1. The van der Waals surface area contributed by atoms with Crippen LogP contribution in [0.3, 0.4) is 0 Å². The van der Waals surface area contributed by atoms with Crippen molar-refractivity contribution < 1.29 is 19.0 Å². The SMILES string of the molecule is CCNC(=NCc1ccc(O)c(F)c1)N1CCC(C(=O)N2CCOCC2)CC1. The topological polar surface area (TPSA) is 77.4 Å². The number of guanidine groups is 1. The largest absolute Gasteiger partial charge is 0.505 e. The van der Waals surface area contributed by atoms with Crippen molar-refractivity contribution in [1.82, 2.24) is 15.1 Å². The van der Waals surface area contributed by atoms with Crippen molar-refractivity contribution in [3.05, 3.63) is 29.6 Å². The zero-order chi connectivity index (χ0) is 19.9. The Morgan fingerprint density at radius 1 is 1.25 bits per heavy atom. The zero-order valence-electron chi connectivity index (χ0n) is 16.4. The molecule has 2 aliphatic heterocycles. The first-order valence-electron chi connectivity index (χ1n) is 9.95. The number of likely N-dealkylation sites (tertiary alicyclic amines) is 1. The smallest absolute Gasteiger partial charge is 0.225 e. The van der Waals surface area contributed by atoms with E-state index in [0.29, 0.717) is 38.4 Å². The van der Waals surface area contributed by atoms with Crippen molar-refractivity contribution >= 4 is 11.9 Å². The average Bonchev–Trinajstić information content (AvgIpc) is 2.74. The molecule has 0 unspecified atom stereocenters. The van der Waals surface area contributed by atoms with Crippen LogP contribution in [0.5, 0.6) is 5.75 Å². The molecule has 0 radical (unpaired) electrons. The summed E-state index contributed by atoms with van der Waals surface area (Å²) in [4.78, 5) is 21.4. The van der Waals surface area contributed by atoms with Gasteiger partial charge < -0.3 is 25.0 Å². The molecule has 0 aromatic heterocycles. The van der Waals surface area contributed by atoms with Crippen molar-refractivity contribution in [1.29, 1.82) is 0 Å². The molecule has 7 nitrogen and oxygen atoms in total. The molecule has 28 heavy (non-hydrogen) atoms. The Hall–Kier alpha value is -2.35. The number of hydrogen-bond donors (Lipinski definition) is 2. The van der Waals surface area contributed by atoms with E-state index in [1.165, 1.54) is 12.1 Å². The number of phenols is 1. The maximum atomic E-state index is 13.5. The monoisotopic (exact) mass is 392 g/mol. The van der Waals surface area contributed by atoms with Gasteiger partial charge in [0.2, 0.25) is 5.91 Å². The first-order chi connectivity index (χ1) is 13.6. The lowest BCUT2D eigenvalue weighted by Crippen LogP contribution is -2.50. The molecule has 1 aromatic carbocycles. The molecule has 0 spiro atoms. The van der Waals surface area contributed by atoms with Crippen LogP contribution >= 0.6 is 0 Å². The minimum absolute atomic E-state index is 0.0587. The van der Waals surface area contributed by atoms with Crippen LogP contribution in [0.4, 0.5) is 4.39 Å². The van der Waals surface area contributed by atoms with Gasteiger partial charge in [-0.05, 0) is 37.5 Å². The minimum atomic E-state index is -0.639. The van der Waals surface area contributed by atoms with Crippen LogP contribution in [0.2, 0.25) is 0 Å². The maximum Gasteiger partial charge on any atom is 0.225 e. The molecule has 8 heteroatoms. The predicted molar refractivity (Wildman–Crippen MR) is 105 cm³/mol. The summed E-state index contributed by atoms with van der Waals surface area (Å²) in [5.74, 6) is 0.0768. The number of morpholine rings is 1. The molecule has 154 valence electrons. The first kappa shape index (κ1) is 20.4.